The third-order valence-corrected chi connectivity index (χ3v) is 4.47. The average molecular weight is 256 g/mol. The van der Waals surface area contributed by atoms with E-state index in [4.69, 9.17) is 0 Å². The standard InChI is InChI=1S/C17H24N2/c1-13-10-14(2)17(15(3)11-13)19-9-8-18(12-19)16-6-4-5-7-16/h8-11,16H,4-7,12H2,1-3H3. The van der Waals surface area contributed by atoms with E-state index in [1.54, 1.807) is 0 Å². The maximum Gasteiger partial charge on any atom is 0.0944 e. The highest BCUT2D eigenvalue weighted by Gasteiger charge is 2.25. The van der Waals surface area contributed by atoms with E-state index in [1.807, 2.05) is 0 Å². The van der Waals surface area contributed by atoms with Gasteiger partial charge in [-0.3, -0.25) is 0 Å². The van der Waals surface area contributed by atoms with E-state index in [9.17, 15) is 0 Å². The lowest BCUT2D eigenvalue weighted by molar-refractivity contribution is 0.301. The van der Waals surface area contributed by atoms with E-state index in [0.717, 1.165) is 12.7 Å². The Morgan fingerprint density at radius 3 is 2.21 bits per heavy atom. The zero-order valence-corrected chi connectivity index (χ0v) is 12.3. The molecule has 1 aliphatic carbocycles. The molecule has 0 spiro atoms. The van der Waals surface area contributed by atoms with Crippen LogP contribution < -0.4 is 4.90 Å². The minimum Gasteiger partial charge on any atom is -0.355 e. The van der Waals surface area contributed by atoms with Crippen LogP contribution in [0.1, 0.15) is 42.4 Å². The first-order valence-electron chi connectivity index (χ1n) is 7.44. The van der Waals surface area contributed by atoms with E-state index >= 15 is 0 Å². The van der Waals surface area contributed by atoms with Crippen LogP contribution in [0.5, 0.6) is 0 Å². The largest absolute Gasteiger partial charge is 0.355 e. The Bertz CT molecular complexity index is 475. The summed E-state index contributed by atoms with van der Waals surface area (Å²) in [7, 11) is 0. The molecule has 0 unspecified atom stereocenters. The molecule has 102 valence electrons. The number of nitrogens with zero attached hydrogens (tertiary/aromatic N) is 2. The quantitative estimate of drug-likeness (QED) is 0.786. The van der Waals surface area contributed by atoms with Gasteiger partial charge in [0.25, 0.3) is 0 Å². The smallest absolute Gasteiger partial charge is 0.0944 e. The number of anilines is 1. The average Bonchev–Trinajstić information content (AvgIpc) is 2.97. The molecular formula is C17H24N2. The van der Waals surface area contributed by atoms with Crippen LogP contribution in [0.15, 0.2) is 24.5 Å². The summed E-state index contributed by atoms with van der Waals surface area (Å²) < 4.78 is 0. The fourth-order valence-electron chi connectivity index (χ4n) is 3.68. The molecule has 1 heterocycles. The summed E-state index contributed by atoms with van der Waals surface area (Å²) in [5.41, 5.74) is 5.52. The van der Waals surface area contributed by atoms with Crippen LogP contribution in [0.3, 0.4) is 0 Å². The molecule has 0 radical (unpaired) electrons. The lowest BCUT2D eigenvalue weighted by Gasteiger charge is -2.28. The Labute approximate surface area is 116 Å². The number of hydrogen-bond acceptors (Lipinski definition) is 2. The summed E-state index contributed by atoms with van der Waals surface area (Å²) in [5, 5.41) is 0. The first-order chi connectivity index (χ1) is 9.15. The Kier molecular flexibility index (Phi) is 3.26. The van der Waals surface area contributed by atoms with Gasteiger partial charge in [0.15, 0.2) is 0 Å². The highest BCUT2D eigenvalue weighted by atomic mass is 15.4. The van der Waals surface area contributed by atoms with E-state index in [0.29, 0.717) is 0 Å². The van der Waals surface area contributed by atoms with Crippen LogP contribution in [-0.4, -0.2) is 17.6 Å². The molecule has 1 aliphatic heterocycles. The molecule has 2 nitrogen and oxygen atoms in total. The van der Waals surface area contributed by atoms with Crippen molar-refractivity contribution < 1.29 is 0 Å². The predicted octanol–water partition coefficient (Wildman–Crippen LogP) is 4.11. The van der Waals surface area contributed by atoms with E-state index < -0.39 is 0 Å². The van der Waals surface area contributed by atoms with Gasteiger partial charge in [-0.1, -0.05) is 30.5 Å². The van der Waals surface area contributed by atoms with Gasteiger partial charge in [0.05, 0.1) is 6.67 Å². The normalized spacial score (nSPS) is 19.7. The molecule has 1 fully saturated rings. The third kappa shape index (κ3) is 2.36. The second kappa shape index (κ2) is 4.92. The molecule has 0 N–H and O–H groups in total. The van der Waals surface area contributed by atoms with Crippen molar-refractivity contribution in [3.05, 3.63) is 41.2 Å². The molecule has 2 aliphatic rings. The molecule has 1 saturated carbocycles. The van der Waals surface area contributed by atoms with Gasteiger partial charge in [0.1, 0.15) is 0 Å². The highest BCUT2D eigenvalue weighted by molar-refractivity contribution is 5.62. The number of hydrogen-bond donors (Lipinski definition) is 0. The Morgan fingerprint density at radius 1 is 0.947 bits per heavy atom. The van der Waals surface area contributed by atoms with Gasteiger partial charge in [-0.15, -0.1) is 0 Å². The zero-order valence-electron chi connectivity index (χ0n) is 12.3. The highest BCUT2D eigenvalue weighted by Crippen LogP contribution is 2.32. The van der Waals surface area contributed by atoms with Crippen molar-refractivity contribution in [2.45, 2.75) is 52.5 Å². The molecule has 0 atom stereocenters. The van der Waals surface area contributed by atoms with Crippen LogP contribution in [0.4, 0.5) is 5.69 Å². The lowest BCUT2D eigenvalue weighted by atomic mass is 10.0. The number of benzene rings is 1. The minimum absolute atomic E-state index is 0.771. The molecule has 0 bridgehead atoms. The summed E-state index contributed by atoms with van der Waals surface area (Å²) in [6, 6.07) is 5.34. The monoisotopic (exact) mass is 256 g/mol. The lowest BCUT2D eigenvalue weighted by Crippen LogP contribution is -2.32. The van der Waals surface area contributed by atoms with Crippen LogP contribution in [0.25, 0.3) is 0 Å². The Hall–Kier alpha value is -1.44. The van der Waals surface area contributed by atoms with Crippen molar-refractivity contribution in [1.29, 1.82) is 0 Å². The summed E-state index contributed by atoms with van der Waals surface area (Å²) in [5.74, 6) is 0. The van der Waals surface area contributed by atoms with Gasteiger partial charge in [0.2, 0.25) is 0 Å². The van der Waals surface area contributed by atoms with E-state index in [-0.39, 0.29) is 0 Å². The predicted molar refractivity (Wildman–Crippen MR) is 81.2 cm³/mol. The maximum atomic E-state index is 2.52. The Balaban J connectivity index is 1.80. The molecule has 2 heteroatoms. The molecule has 19 heavy (non-hydrogen) atoms. The van der Waals surface area contributed by atoms with Crippen molar-refractivity contribution >= 4 is 5.69 Å². The summed E-state index contributed by atoms with van der Waals surface area (Å²) >= 11 is 0. The van der Waals surface area contributed by atoms with E-state index in [2.05, 4.69) is 55.1 Å². The van der Waals surface area contributed by atoms with Gasteiger partial charge in [-0.05, 0) is 44.7 Å². The van der Waals surface area contributed by atoms with Crippen LogP contribution in [-0.2, 0) is 0 Å². The third-order valence-electron chi connectivity index (χ3n) is 4.47. The number of rotatable bonds is 2. The van der Waals surface area contributed by atoms with Gasteiger partial charge in [-0.2, -0.15) is 0 Å². The Morgan fingerprint density at radius 2 is 1.58 bits per heavy atom. The van der Waals surface area contributed by atoms with Crippen molar-refractivity contribution in [2.75, 3.05) is 11.6 Å². The second-order valence-electron chi connectivity index (χ2n) is 6.11. The van der Waals surface area contributed by atoms with Crippen molar-refractivity contribution in [1.82, 2.24) is 4.90 Å². The maximum absolute atomic E-state index is 2.52. The molecule has 1 aromatic carbocycles. The molecule has 3 rings (SSSR count). The summed E-state index contributed by atoms with van der Waals surface area (Å²) in [6.45, 7) is 7.65. The van der Waals surface area contributed by atoms with Gasteiger partial charge in [0, 0.05) is 24.1 Å². The molecule has 1 aromatic rings. The topological polar surface area (TPSA) is 6.48 Å². The van der Waals surface area contributed by atoms with Crippen molar-refractivity contribution in [3.8, 4) is 0 Å². The molecule has 0 amide bonds. The van der Waals surface area contributed by atoms with Crippen LogP contribution in [0.2, 0.25) is 0 Å². The molecule has 0 aromatic heterocycles. The second-order valence-corrected chi connectivity index (χ2v) is 6.11. The van der Waals surface area contributed by atoms with Gasteiger partial charge < -0.3 is 9.80 Å². The van der Waals surface area contributed by atoms with Gasteiger partial charge >= 0.3 is 0 Å². The van der Waals surface area contributed by atoms with Crippen molar-refractivity contribution in [3.63, 3.8) is 0 Å². The fourth-order valence-corrected chi connectivity index (χ4v) is 3.68. The first kappa shape index (κ1) is 12.6. The van der Waals surface area contributed by atoms with Crippen LogP contribution in [0, 0.1) is 20.8 Å². The fraction of sp³-hybridized carbons (Fsp3) is 0.529. The summed E-state index contributed by atoms with van der Waals surface area (Å²) in [6.07, 6.45) is 10.1. The minimum atomic E-state index is 0.771. The zero-order chi connectivity index (χ0) is 13.4. The molecular weight excluding hydrogens is 232 g/mol. The van der Waals surface area contributed by atoms with Crippen LogP contribution >= 0.6 is 0 Å². The van der Waals surface area contributed by atoms with Crippen molar-refractivity contribution in [2.24, 2.45) is 0 Å². The number of aryl methyl sites for hydroxylation is 3. The van der Waals surface area contributed by atoms with E-state index in [1.165, 1.54) is 48.1 Å². The molecule has 0 saturated heterocycles. The SMILES string of the molecule is Cc1cc(C)c(N2C=CN(C3CCCC3)C2)c(C)c1. The van der Waals surface area contributed by atoms with Gasteiger partial charge in [-0.25, -0.2) is 0 Å². The summed E-state index contributed by atoms with van der Waals surface area (Å²) in [4.78, 5) is 4.92. The first-order valence-corrected chi connectivity index (χ1v) is 7.44.